The molecule has 2 unspecified atom stereocenters. The standard InChI is InChI=1S/C23H36O9/c1-10-7-14(27)22(30,9-24)17-19(32-12(3)25)23(31)8-13(26)11(2)15(20(23,4)5)16(28)18(29)21(10,17)6/h10,13-14,16-17,19,24,26-28,30-31H,7-9H2,1-6H3/t10-,13-,14-,16+,17?,19?,21+,22-,23+/m0/s1. The predicted octanol–water partition coefficient (Wildman–Crippen LogP) is -0.553. The van der Waals surface area contributed by atoms with Gasteiger partial charge in [-0.1, -0.05) is 27.7 Å². The molecule has 9 nitrogen and oxygen atoms in total. The molecule has 9 heteroatoms. The molecule has 2 fully saturated rings. The van der Waals surface area contributed by atoms with Crippen molar-refractivity contribution in [3.63, 3.8) is 0 Å². The number of esters is 1. The quantitative estimate of drug-likeness (QED) is 0.236. The van der Waals surface area contributed by atoms with E-state index in [1.807, 2.05) is 0 Å². The summed E-state index contributed by atoms with van der Waals surface area (Å²) in [7, 11) is 0. The molecule has 2 saturated carbocycles. The summed E-state index contributed by atoms with van der Waals surface area (Å²) in [5.41, 5.74) is -6.82. The van der Waals surface area contributed by atoms with Crippen LogP contribution in [0.3, 0.4) is 0 Å². The third kappa shape index (κ3) is 2.98. The molecule has 0 aromatic heterocycles. The summed E-state index contributed by atoms with van der Waals surface area (Å²) in [6.45, 7) is 8.06. The van der Waals surface area contributed by atoms with Crippen molar-refractivity contribution in [2.45, 2.75) is 90.0 Å². The lowest BCUT2D eigenvalue weighted by molar-refractivity contribution is -0.282. The first-order valence-corrected chi connectivity index (χ1v) is 11.0. The van der Waals surface area contributed by atoms with E-state index < -0.39 is 76.6 Å². The first kappa shape index (κ1) is 25.3. The molecule has 0 heterocycles. The third-order valence-electron chi connectivity index (χ3n) is 8.92. The molecule has 6 N–H and O–H groups in total. The Kier molecular flexibility index (Phi) is 5.98. The Bertz CT molecular complexity index is 850. The molecule has 0 radical (unpaired) electrons. The van der Waals surface area contributed by atoms with Gasteiger partial charge >= 0.3 is 5.97 Å². The number of hydrogen-bond donors (Lipinski definition) is 6. The van der Waals surface area contributed by atoms with Crippen molar-refractivity contribution in [2.24, 2.45) is 22.7 Å². The Labute approximate surface area is 187 Å². The minimum Gasteiger partial charge on any atom is -0.459 e. The van der Waals surface area contributed by atoms with Gasteiger partial charge in [-0.15, -0.1) is 0 Å². The Morgan fingerprint density at radius 2 is 1.72 bits per heavy atom. The number of carbonyl (C=O) groups excluding carboxylic acids is 2. The molecular formula is C23H36O9. The van der Waals surface area contributed by atoms with E-state index in [2.05, 4.69) is 0 Å². The van der Waals surface area contributed by atoms with Crippen molar-refractivity contribution in [3.8, 4) is 0 Å². The van der Waals surface area contributed by atoms with Gasteiger partial charge in [0.15, 0.2) is 5.78 Å². The van der Waals surface area contributed by atoms with Crippen LogP contribution in [0.15, 0.2) is 11.1 Å². The summed E-state index contributed by atoms with van der Waals surface area (Å²) < 4.78 is 5.61. The molecule has 0 aromatic carbocycles. The lowest BCUT2D eigenvalue weighted by atomic mass is 9.44. The number of aliphatic hydroxyl groups is 6. The lowest BCUT2D eigenvalue weighted by Crippen LogP contribution is -2.76. The van der Waals surface area contributed by atoms with Crippen LogP contribution in [0.2, 0.25) is 0 Å². The van der Waals surface area contributed by atoms with Gasteiger partial charge in [-0.2, -0.15) is 0 Å². The zero-order valence-corrected chi connectivity index (χ0v) is 19.5. The van der Waals surface area contributed by atoms with Gasteiger partial charge in [0.25, 0.3) is 0 Å². The van der Waals surface area contributed by atoms with Crippen molar-refractivity contribution in [1.29, 1.82) is 0 Å². The number of hydrogen-bond acceptors (Lipinski definition) is 9. The highest BCUT2D eigenvalue weighted by atomic mass is 16.6. The molecule has 9 atom stereocenters. The second-order valence-electron chi connectivity index (χ2n) is 10.7. The maximum absolute atomic E-state index is 13.9. The van der Waals surface area contributed by atoms with Crippen molar-refractivity contribution in [1.82, 2.24) is 0 Å². The summed E-state index contributed by atoms with van der Waals surface area (Å²) in [5, 5.41) is 66.7. The minimum absolute atomic E-state index is 0.0578. The first-order valence-electron chi connectivity index (χ1n) is 11.0. The van der Waals surface area contributed by atoms with Crippen LogP contribution in [-0.4, -0.2) is 84.6 Å². The normalized spacial score (nSPS) is 48.6. The van der Waals surface area contributed by atoms with Crippen LogP contribution in [0.5, 0.6) is 0 Å². The molecule has 3 aliphatic carbocycles. The second kappa shape index (κ2) is 7.58. The van der Waals surface area contributed by atoms with Crippen molar-refractivity contribution >= 4 is 11.8 Å². The molecule has 0 amide bonds. The van der Waals surface area contributed by atoms with Crippen molar-refractivity contribution in [2.75, 3.05) is 6.61 Å². The maximum atomic E-state index is 13.9. The van der Waals surface area contributed by atoms with Gasteiger partial charge in [0.05, 0.1) is 18.8 Å². The molecule has 3 aliphatic rings. The van der Waals surface area contributed by atoms with Crippen LogP contribution in [-0.2, 0) is 14.3 Å². The molecule has 0 aromatic rings. The number of Topliss-reactive ketones (excluding diaryl/α,β-unsaturated/α-hetero) is 1. The lowest BCUT2D eigenvalue weighted by Gasteiger charge is -2.64. The van der Waals surface area contributed by atoms with Gasteiger partial charge in [-0.25, -0.2) is 0 Å². The van der Waals surface area contributed by atoms with Crippen LogP contribution in [0, 0.1) is 22.7 Å². The SMILES string of the molecule is CC(=O)OC1C2[C@](O)(CO)[C@@H](O)C[C@H](C)[C@@]2(C)C(=O)[C@H](O)C2=C(C)[C@@H](O)C[C@]1(O)C2(C)C. The van der Waals surface area contributed by atoms with E-state index in [-0.39, 0.29) is 18.4 Å². The van der Waals surface area contributed by atoms with E-state index in [1.165, 1.54) is 6.92 Å². The molecule has 32 heavy (non-hydrogen) atoms. The number of ether oxygens (including phenoxy) is 1. The van der Waals surface area contributed by atoms with Gasteiger partial charge in [-0.3, -0.25) is 9.59 Å². The highest BCUT2D eigenvalue weighted by Gasteiger charge is 2.73. The van der Waals surface area contributed by atoms with Crippen LogP contribution in [0.4, 0.5) is 0 Å². The largest absolute Gasteiger partial charge is 0.459 e. The Balaban J connectivity index is 2.46. The smallest absolute Gasteiger partial charge is 0.303 e. The van der Waals surface area contributed by atoms with E-state index in [4.69, 9.17) is 4.74 Å². The number of ketones is 1. The first-order chi connectivity index (χ1) is 14.5. The van der Waals surface area contributed by atoms with Gasteiger partial charge < -0.3 is 35.4 Å². The van der Waals surface area contributed by atoms with Gasteiger partial charge in [0.2, 0.25) is 0 Å². The number of aliphatic hydroxyl groups excluding tert-OH is 4. The second-order valence-corrected chi connectivity index (χ2v) is 10.7. The number of carbonyl (C=O) groups is 2. The zero-order valence-electron chi connectivity index (χ0n) is 19.5. The van der Waals surface area contributed by atoms with E-state index in [0.29, 0.717) is 5.57 Å². The van der Waals surface area contributed by atoms with Crippen LogP contribution >= 0.6 is 0 Å². The van der Waals surface area contributed by atoms with Crippen molar-refractivity contribution in [3.05, 3.63) is 11.1 Å². The molecule has 0 aliphatic heterocycles. The summed E-state index contributed by atoms with van der Waals surface area (Å²) in [4.78, 5) is 26.1. The van der Waals surface area contributed by atoms with Crippen LogP contribution in [0.25, 0.3) is 0 Å². The molecule has 182 valence electrons. The highest BCUT2D eigenvalue weighted by molar-refractivity contribution is 5.93. The van der Waals surface area contributed by atoms with E-state index >= 15 is 0 Å². The summed E-state index contributed by atoms with van der Waals surface area (Å²) in [6, 6.07) is 0. The molecule has 3 rings (SSSR count). The molecular weight excluding hydrogens is 420 g/mol. The summed E-state index contributed by atoms with van der Waals surface area (Å²) in [5.74, 6) is -3.57. The van der Waals surface area contributed by atoms with Crippen molar-refractivity contribution < 1.29 is 45.0 Å². The monoisotopic (exact) mass is 456 g/mol. The van der Waals surface area contributed by atoms with E-state index in [9.17, 15) is 40.2 Å². The Morgan fingerprint density at radius 3 is 2.22 bits per heavy atom. The summed E-state index contributed by atoms with van der Waals surface area (Å²) in [6.07, 6.45) is -6.38. The van der Waals surface area contributed by atoms with Crippen LogP contribution in [0.1, 0.15) is 54.4 Å². The average molecular weight is 457 g/mol. The van der Waals surface area contributed by atoms with Gasteiger partial charge in [0.1, 0.15) is 23.4 Å². The number of rotatable bonds is 2. The third-order valence-corrected chi connectivity index (χ3v) is 8.92. The van der Waals surface area contributed by atoms with E-state index in [0.717, 1.165) is 6.92 Å². The zero-order chi connectivity index (χ0) is 24.6. The fraction of sp³-hybridized carbons (Fsp3) is 0.826. The average Bonchev–Trinajstić information content (AvgIpc) is 2.68. The minimum atomic E-state index is -2.32. The van der Waals surface area contributed by atoms with Gasteiger partial charge in [-0.05, 0) is 30.4 Å². The van der Waals surface area contributed by atoms with Crippen LogP contribution < -0.4 is 0 Å². The fourth-order valence-electron chi connectivity index (χ4n) is 6.68. The Hall–Kier alpha value is -1.36. The Morgan fingerprint density at radius 1 is 1.16 bits per heavy atom. The predicted molar refractivity (Wildman–Crippen MR) is 112 cm³/mol. The van der Waals surface area contributed by atoms with E-state index in [1.54, 1.807) is 27.7 Å². The topological polar surface area (TPSA) is 165 Å². The maximum Gasteiger partial charge on any atom is 0.303 e. The fourth-order valence-corrected chi connectivity index (χ4v) is 6.68. The molecule has 2 bridgehead atoms. The highest BCUT2D eigenvalue weighted by Crippen LogP contribution is 2.62. The number of fused-ring (bicyclic) bond motifs is 3. The molecule has 0 spiro atoms. The van der Waals surface area contributed by atoms with Gasteiger partial charge in [0, 0.05) is 30.1 Å². The molecule has 0 saturated heterocycles. The summed E-state index contributed by atoms with van der Waals surface area (Å²) >= 11 is 0.